The number of aryl methyl sites for hydroxylation is 1. The van der Waals surface area contributed by atoms with Crippen LogP contribution in [0.1, 0.15) is 25.5 Å². The minimum atomic E-state index is 0.241. The van der Waals surface area contributed by atoms with Gasteiger partial charge in [0.15, 0.2) is 5.65 Å². The van der Waals surface area contributed by atoms with Gasteiger partial charge in [-0.05, 0) is 38.8 Å². The average Bonchev–Trinajstić information content (AvgIpc) is 3.16. The summed E-state index contributed by atoms with van der Waals surface area (Å²) >= 11 is 0. The summed E-state index contributed by atoms with van der Waals surface area (Å²) in [5.74, 6) is 0.908. The summed E-state index contributed by atoms with van der Waals surface area (Å²) in [7, 11) is 0. The Bertz CT molecular complexity index is 820. The van der Waals surface area contributed by atoms with E-state index >= 15 is 0 Å². The van der Waals surface area contributed by atoms with Gasteiger partial charge in [0, 0.05) is 18.1 Å². The van der Waals surface area contributed by atoms with Crippen LogP contribution in [0.4, 0.5) is 5.82 Å². The van der Waals surface area contributed by atoms with Gasteiger partial charge in [0.2, 0.25) is 0 Å². The van der Waals surface area contributed by atoms with Gasteiger partial charge in [-0.2, -0.15) is 5.10 Å². The molecular formula is C17H20N4O. The Balaban J connectivity index is 1.80. The maximum absolute atomic E-state index is 5.78. The quantitative estimate of drug-likeness (QED) is 0.806. The number of ether oxygens (including phenoxy) is 1. The van der Waals surface area contributed by atoms with Gasteiger partial charge in [0.1, 0.15) is 5.82 Å². The number of para-hydroxylation sites is 1. The highest BCUT2D eigenvalue weighted by molar-refractivity contribution is 5.91. The zero-order valence-electron chi connectivity index (χ0n) is 12.9. The Morgan fingerprint density at radius 3 is 3.05 bits per heavy atom. The molecule has 1 aliphatic rings. The molecule has 0 aliphatic carbocycles. The molecule has 0 unspecified atom stereocenters. The second-order valence-corrected chi connectivity index (χ2v) is 6.02. The van der Waals surface area contributed by atoms with Crippen molar-refractivity contribution in [1.29, 1.82) is 0 Å². The number of hydrogen-bond donors (Lipinski definition) is 1. The summed E-state index contributed by atoms with van der Waals surface area (Å²) in [6, 6.07) is 10.5. The van der Waals surface area contributed by atoms with Crippen molar-refractivity contribution >= 4 is 22.4 Å². The Hall–Kier alpha value is -2.14. The van der Waals surface area contributed by atoms with Crippen LogP contribution in [0.3, 0.4) is 0 Å². The molecule has 1 aromatic carbocycles. The van der Waals surface area contributed by atoms with E-state index in [1.165, 1.54) is 0 Å². The first-order chi connectivity index (χ1) is 10.7. The molecule has 0 saturated carbocycles. The molecule has 1 aliphatic heterocycles. The van der Waals surface area contributed by atoms with E-state index in [2.05, 4.69) is 29.5 Å². The number of benzene rings is 1. The number of rotatable bonds is 3. The zero-order valence-corrected chi connectivity index (χ0v) is 12.9. The molecule has 1 fully saturated rings. The topological polar surface area (TPSA) is 51.5 Å². The lowest BCUT2D eigenvalue weighted by Crippen LogP contribution is -2.30. The van der Waals surface area contributed by atoms with Gasteiger partial charge < -0.3 is 10.1 Å². The van der Waals surface area contributed by atoms with Crippen LogP contribution in [0.5, 0.6) is 0 Å². The fourth-order valence-corrected chi connectivity index (χ4v) is 3.19. The van der Waals surface area contributed by atoms with E-state index in [4.69, 9.17) is 9.72 Å². The van der Waals surface area contributed by atoms with Crippen molar-refractivity contribution in [3.63, 3.8) is 0 Å². The lowest BCUT2D eigenvalue weighted by atomic mass is 10.1. The third-order valence-corrected chi connectivity index (χ3v) is 4.31. The normalized spacial score (nSPS) is 19.8. The minimum Gasteiger partial charge on any atom is -0.376 e. The standard InChI is InChI=1S/C17H20N4O/c1-11-10-16-19-17(18-12(2)15-8-5-9-22-15)13-6-3-4-7-14(13)21(16)20-11/h3-4,6-7,10,12,15H,5,8-9H2,1-2H3,(H,18,19)/t12-,15-/m1/s1. The van der Waals surface area contributed by atoms with Crippen molar-refractivity contribution in [2.75, 3.05) is 11.9 Å². The number of nitrogens with zero attached hydrogens (tertiary/aromatic N) is 3. The lowest BCUT2D eigenvalue weighted by Gasteiger charge is -2.21. The Morgan fingerprint density at radius 2 is 2.23 bits per heavy atom. The van der Waals surface area contributed by atoms with Gasteiger partial charge in [-0.15, -0.1) is 0 Å². The highest BCUT2D eigenvalue weighted by Gasteiger charge is 2.23. The summed E-state index contributed by atoms with van der Waals surface area (Å²) in [5.41, 5.74) is 2.92. The third-order valence-electron chi connectivity index (χ3n) is 4.31. The Kier molecular flexibility index (Phi) is 3.22. The number of aromatic nitrogens is 3. The van der Waals surface area contributed by atoms with Crippen molar-refractivity contribution in [3.05, 3.63) is 36.0 Å². The number of hydrogen-bond acceptors (Lipinski definition) is 4. The molecule has 114 valence electrons. The molecule has 4 rings (SSSR count). The predicted molar refractivity (Wildman–Crippen MR) is 87.3 cm³/mol. The number of fused-ring (bicyclic) bond motifs is 3. The van der Waals surface area contributed by atoms with Crippen LogP contribution in [-0.2, 0) is 4.74 Å². The molecule has 3 aromatic rings. The number of anilines is 1. The van der Waals surface area contributed by atoms with Crippen LogP contribution in [-0.4, -0.2) is 33.4 Å². The van der Waals surface area contributed by atoms with E-state index in [1.807, 2.05) is 29.6 Å². The van der Waals surface area contributed by atoms with Crippen LogP contribution in [0.25, 0.3) is 16.6 Å². The highest BCUT2D eigenvalue weighted by atomic mass is 16.5. The van der Waals surface area contributed by atoms with Crippen molar-refractivity contribution in [2.24, 2.45) is 0 Å². The summed E-state index contributed by atoms with van der Waals surface area (Å²) in [5, 5.41) is 9.18. The molecular weight excluding hydrogens is 276 g/mol. The molecule has 5 heteroatoms. The van der Waals surface area contributed by atoms with E-state index in [-0.39, 0.29) is 12.1 Å². The smallest absolute Gasteiger partial charge is 0.158 e. The highest BCUT2D eigenvalue weighted by Crippen LogP contribution is 2.25. The summed E-state index contributed by atoms with van der Waals surface area (Å²) in [6.07, 6.45) is 2.52. The molecule has 0 radical (unpaired) electrons. The average molecular weight is 296 g/mol. The molecule has 0 bridgehead atoms. The molecule has 2 atom stereocenters. The zero-order chi connectivity index (χ0) is 15.1. The molecule has 0 spiro atoms. The first kappa shape index (κ1) is 13.5. The van der Waals surface area contributed by atoms with E-state index in [0.717, 1.165) is 47.5 Å². The largest absolute Gasteiger partial charge is 0.376 e. The first-order valence-electron chi connectivity index (χ1n) is 7.85. The Morgan fingerprint density at radius 1 is 1.36 bits per heavy atom. The van der Waals surface area contributed by atoms with E-state index in [9.17, 15) is 0 Å². The van der Waals surface area contributed by atoms with Crippen molar-refractivity contribution < 1.29 is 4.74 Å². The van der Waals surface area contributed by atoms with Crippen LogP contribution in [0, 0.1) is 6.92 Å². The third kappa shape index (κ3) is 2.22. The molecule has 1 N–H and O–H groups in total. The lowest BCUT2D eigenvalue weighted by molar-refractivity contribution is 0.0996. The van der Waals surface area contributed by atoms with E-state index in [1.54, 1.807) is 0 Å². The van der Waals surface area contributed by atoms with Gasteiger partial charge in [-0.1, -0.05) is 12.1 Å². The number of nitrogens with one attached hydrogen (secondary N) is 1. The van der Waals surface area contributed by atoms with Crippen molar-refractivity contribution in [2.45, 2.75) is 38.8 Å². The predicted octanol–water partition coefficient (Wildman–Crippen LogP) is 3.17. The summed E-state index contributed by atoms with van der Waals surface area (Å²) < 4.78 is 7.69. The van der Waals surface area contributed by atoms with Crippen LogP contribution < -0.4 is 5.32 Å². The van der Waals surface area contributed by atoms with E-state index in [0.29, 0.717) is 0 Å². The SMILES string of the molecule is Cc1cc2nc(N[C@H](C)[C@H]3CCCO3)c3ccccc3n2n1. The molecule has 1 saturated heterocycles. The van der Waals surface area contributed by atoms with E-state index < -0.39 is 0 Å². The van der Waals surface area contributed by atoms with Gasteiger partial charge in [-0.3, -0.25) is 0 Å². The van der Waals surface area contributed by atoms with Gasteiger partial charge in [0.05, 0.1) is 23.4 Å². The monoisotopic (exact) mass is 296 g/mol. The van der Waals surface area contributed by atoms with Gasteiger partial charge in [-0.25, -0.2) is 9.50 Å². The van der Waals surface area contributed by atoms with Crippen LogP contribution in [0.15, 0.2) is 30.3 Å². The van der Waals surface area contributed by atoms with Gasteiger partial charge in [0.25, 0.3) is 0 Å². The van der Waals surface area contributed by atoms with Crippen LogP contribution in [0.2, 0.25) is 0 Å². The maximum Gasteiger partial charge on any atom is 0.158 e. The molecule has 0 amide bonds. The molecule has 3 heterocycles. The fraction of sp³-hybridized carbons (Fsp3) is 0.412. The second-order valence-electron chi connectivity index (χ2n) is 6.02. The van der Waals surface area contributed by atoms with Crippen molar-refractivity contribution in [1.82, 2.24) is 14.6 Å². The van der Waals surface area contributed by atoms with Gasteiger partial charge >= 0.3 is 0 Å². The van der Waals surface area contributed by atoms with Crippen LogP contribution >= 0.6 is 0 Å². The summed E-state index contributed by atoms with van der Waals surface area (Å²) in [4.78, 5) is 4.77. The maximum atomic E-state index is 5.78. The minimum absolute atomic E-state index is 0.241. The van der Waals surface area contributed by atoms with Crippen molar-refractivity contribution in [3.8, 4) is 0 Å². The Labute approximate surface area is 129 Å². The molecule has 5 nitrogen and oxygen atoms in total. The molecule has 2 aromatic heterocycles. The summed E-state index contributed by atoms with van der Waals surface area (Å²) in [6.45, 7) is 5.02. The molecule has 22 heavy (non-hydrogen) atoms. The second kappa shape index (κ2) is 5.25. The fourth-order valence-electron chi connectivity index (χ4n) is 3.19. The first-order valence-corrected chi connectivity index (χ1v) is 7.85.